The molecular weight excluding hydrogens is 199 g/mol. The van der Waals surface area contributed by atoms with Gasteiger partial charge in [0, 0.05) is 6.08 Å². The van der Waals surface area contributed by atoms with Gasteiger partial charge >= 0.3 is 6.18 Å². The highest BCUT2D eigenvalue weighted by molar-refractivity contribution is 6.02. The molecule has 1 rings (SSSR count). The minimum atomic E-state index is -4.64. The van der Waals surface area contributed by atoms with Crippen LogP contribution in [0.3, 0.4) is 0 Å². The first-order valence-electron chi connectivity index (χ1n) is 3.75. The average Bonchev–Trinajstić information content (AvgIpc) is 2.02. The molecule has 0 aromatic rings. The molecule has 0 amide bonds. The monoisotopic (exact) mass is 207 g/mol. The van der Waals surface area contributed by atoms with Gasteiger partial charge in [-0.1, -0.05) is 0 Å². The molecule has 0 saturated carbocycles. The van der Waals surface area contributed by atoms with Crippen LogP contribution in [0.25, 0.3) is 0 Å². The highest BCUT2D eigenvalue weighted by Crippen LogP contribution is 2.25. The Labute approximate surface area is 77.8 Å². The second-order valence-electron chi connectivity index (χ2n) is 2.58. The van der Waals surface area contributed by atoms with E-state index in [0.717, 1.165) is 12.3 Å². The quantitative estimate of drug-likeness (QED) is 0.500. The highest BCUT2D eigenvalue weighted by atomic mass is 19.4. The summed E-state index contributed by atoms with van der Waals surface area (Å²) in [6, 6.07) is -2.24. The van der Waals surface area contributed by atoms with Crippen LogP contribution >= 0.6 is 0 Å². The Morgan fingerprint density at radius 3 is 2.71 bits per heavy atom. The Morgan fingerprint density at radius 1 is 1.57 bits per heavy atom. The molecule has 0 saturated heterocycles. The van der Waals surface area contributed by atoms with Crippen molar-refractivity contribution in [1.29, 1.82) is 0 Å². The van der Waals surface area contributed by atoms with Gasteiger partial charge < -0.3 is 10.9 Å². The molecule has 1 aliphatic rings. The Kier molecular flexibility index (Phi) is 2.90. The van der Waals surface area contributed by atoms with Gasteiger partial charge in [0.15, 0.2) is 6.21 Å². The lowest BCUT2D eigenvalue weighted by Gasteiger charge is -2.21. The number of aliphatic imine (C=N–C) groups is 1. The standard InChI is InChI=1S/C7H8F3N3O/c8-7(9,10)6-5(12-4-11)2-1-3-13(6)14/h1-3,6H,4,11H2. The van der Waals surface area contributed by atoms with E-state index < -0.39 is 12.2 Å². The van der Waals surface area contributed by atoms with Crippen molar-refractivity contribution in [2.24, 2.45) is 10.7 Å². The van der Waals surface area contributed by atoms with Crippen LogP contribution in [0.4, 0.5) is 13.2 Å². The smallest absolute Gasteiger partial charge is 0.459 e. The molecule has 7 heteroatoms. The molecule has 1 unspecified atom stereocenters. The van der Waals surface area contributed by atoms with E-state index in [0.29, 0.717) is 0 Å². The van der Waals surface area contributed by atoms with Crippen LogP contribution in [0, 0.1) is 5.21 Å². The van der Waals surface area contributed by atoms with Crippen molar-refractivity contribution < 1.29 is 17.9 Å². The molecule has 78 valence electrons. The van der Waals surface area contributed by atoms with E-state index in [1.807, 2.05) is 0 Å². The molecule has 0 spiro atoms. The van der Waals surface area contributed by atoms with E-state index in [2.05, 4.69) is 4.99 Å². The lowest BCUT2D eigenvalue weighted by Crippen LogP contribution is -2.45. The van der Waals surface area contributed by atoms with Crippen molar-refractivity contribution in [3.8, 4) is 0 Å². The van der Waals surface area contributed by atoms with Crippen LogP contribution in [0.15, 0.2) is 17.1 Å². The summed E-state index contributed by atoms with van der Waals surface area (Å²) >= 11 is 0. The molecule has 0 radical (unpaired) electrons. The summed E-state index contributed by atoms with van der Waals surface area (Å²) in [5, 5.41) is 10.9. The first kappa shape index (κ1) is 10.7. The van der Waals surface area contributed by atoms with Crippen molar-refractivity contribution in [1.82, 2.24) is 0 Å². The maximum absolute atomic E-state index is 12.3. The van der Waals surface area contributed by atoms with Gasteiger partial charge in [-0.15, -0.1) is 0 Å². The number of alkyl halides is 3. The maximum Gasteiger partial charge on any atom is 0.459 e. The molecule has 1 atom stereocenters. The van der Waals surface area contributed by atoms with Crippen LogP contribution in [-0.2, 0) is 0 Å². The highest BCUT2D eigenvalue weighted by Gasteiger charge is 2.50. The zero-order chi connectivity index (χ0) is 10.8. The molecule has 4 nitrogen and oxygen atoms in total. The molecule has 0 aromatic heterocycles. The van der Waals surface area contributed by atoms with Crippen molar-refractivity contribution in [2.45, 2.75) is 12.2 Å². The Hall–Kier alpha value is -1.37. The lowest BCUT2D eigenvalue weighted by atomic mass is 10.1. The van der Waals surface area contributed by atoms with Gasteiger partial charge in [-0.25, -0.2) is 0 Å². The number of hydrogen-bond acceptors (Lipinski definition) is 3. The number of halogens is 3. The van der Waals surface area contributed by atoms with E-state index >= 15 is 0 Å². The van der Waals surface area contributed by atoms with E-state index in [1.54, 1.807) is 0 Å². The first-order valence-corrected chi connectivity index (χ1v) is 3.75. The van der Waals surface area contributed by atoms with E-state index in [-0.39, 0.29) is 17.1 Å². The molecule has 14 heavy (non-hydrogen) atoms. The van der Waals surface area contributed by atoms with Gasteiger partial charge in [0.2, 0.25) is 0 Å². The second kappa shape index (κ2) is 3.79. The number of rotatable bonds is 1. The van der Waals surface area contributed by atoms with Gasteiger partial charge in [-0.3, -0.25) is 4.99 Å². The van der Waals surface area contributed by atoms with Gasteiger partial charge in [-0.2, -0.15) is 17.9 Å². The fourth-order valence-corrected chi connectivity index (χ4v) is 1.09. The third-order valence-corrected chi connectivity index (χ3v) is 1.62. The van der Waals surface area contributed by atoms with Crippen LogP contribution in [0.5, 0.6) is 0 Å². The largest absolute Gasteiger partial charge is 0.623 e. The fraction of sp³-hybridized carbons (Fsp3) is 0.429. The minimum Gasteiger partial charge on any atom is -0.623 e. The SMILES string of the molecule is NCN=C1C=CC=[N+]([O-])C1C(F)(F)F. The molecular formula is C7H8F3N3O. The predicted molar refractivity (Wildman–Crippen MR) is 45.2 cm³/mol. The van der Waals surface area contributed by atoms with Crippen molar-refractivity contribution in [3.05, 3.63) is 17.4 Å². The second-order valence-corrected chi connectivity index (χ2v) is 2.58. The molecule has 0 aliphatic carbocycles. The predicted octanol–water partition coefficient (Wildman–Crippen LogP) is 0.425. The van der Waals surface area contributed by atoms with Crippen molar-refractivity contribution in [3.63, 3.8) is 0 Å². The Balaban J connectivity index is 3.04. The summed E-state index contributed by atoms with van der Waals surface area (Å²) in [5.74, 6) is 0. The van der Waals surface area contributed by atoms with Gasteiger partial charge in [0.25, 0.3) is 6.04 Å². The van der Waals surface area contributed by atoms with Crippen molar-refractivity contribution >= 4 is 11.9 Å². The number of nitrogens with zero attached hydrogens (tertiary/aromatic N) is 2. The van der Waals surface area contributed by atoms with Crippen molar-refractivity contribution in [2.75, 3.05) is 6.67 Å². The van der Waals surface area contributed by atoms with Gasteiger partial charge in [0.05, 0.1) is 6.67 Å². The lowest BCUT2D eigenvalue weighted by molar-refractivity contribution is -0.519. The Morgan fingerprint density at radius 2 is 2.21 bits per heavy atom. The topological polar surface area (TPSA) is 64.4 Å². The van der Waals surface area contributed by atoms with Gasteiger partial charge in [-0.05, 0) is 6.08 Å². The maximum atomic E-state index is 12.3. The zero-order valence-corrected chi connectivity index (χ0v) is 7.03. The summed E-state index contributed by atoms with van der Waals surface area (Å²) in [5.41, 5.74) is 4.63. The minimum absolute atomic E-state index is 0.186. The first-order chi connectivity index (χ1) is 6.46. The average molecular weight is 207 g/mol. The third-order valence-electron chi connectivity index (χ3n) is 1.62. The van der Waals surface area contributed by atoms with E-state index in [4.69, 9.17) is 5.73 Å². The number of allylic oxidation sites excluding steroid dienone is 1. The molecule has 0 fully saturated rings. The third kappa shape index (κ3) is 2.11. The van der Waals surface area contributed by atoms with Crippen LogP contribution in [-0.4, -0.2) is 35.6 Å². The molecule has 0 aromatic carbocycles. The number of hydroxylamine groups is 1. The van der Waals surface area contributed by atoms with E-state index in [1.165, 1.54) is 6.08 Å². The number of nitrogens with two attached hydrogens (primary N) is 1. The van der Waals surface area contributed by atoms with E-state index in [9.17, 15) is 18.4 Å². The summed E-state index contributed by atoms with van der Waals surface area (Å²) in [6.45, 7) is -0.278. The summed E-state index contributed by atoms with van der Waals surface area (Å²) in [7, 11) is 0. The van der Waals surface area contributed by atoms with Crippen LogP contribution in [0.1, 0.15) is 0 Å². The summed E-state index contributed by atoms with van der Waals surface area (Å²) in [4.78, 5) is 3.41. The Bertz CT molecular complexity index is 306. The summed E-state index contributed by atoms with van der Waals surface area (Å²) in [6.07, 6.45) is -1.52. The van der Waals surface area contributed by atoms with Gasteiger partial charge in [0.1, 0.15) is 5.71 Å². The normalized spacial score (nSPS) is 25.3. The molecule has 1 heterocycles. The molecule has 2 N–H and O–H groups in total. The fourth-order valence-electron chi connectivity index (χ4n) is 1.09. The summed E-state index contributed by atoms with van der Waals surface area (Å²) < 4.78 is 36.9. The molecule has 1 aliphatic heterocycles. The molecule has 0 bridgehead atoms. The van der Waals surface area contributed by atoms with Crippen LogP contribution in [0.2, 0.25) is 0 Å². The zero-order valence-electron chi connectivity index (χ0n) is 7.03. The van der Waals surface area contributed by atoms with Crippen LogP contribution < -0.4 is 5.73 Å². The number of hydrogen-bond donors (Lipinski definition) is 1.